The number of carboxylic acids is 1. The number of esters is 1. The number of carbonyl (C=O) groups is 2. The van der Waals surface area contributed by atoms with Gasteiger partial charge in [0.05, 0.1) is 12.6 Å². The van der Waals surface area contributed by atoms with Crippen LogP contribution >= 0.6 is 0 Å². The number of aliphatic carboxylic acids is 1. The second-order valence-electron chi connectivity index (χ2n) is 3.97. The molecule has 0 heterocycles. The highest BCUT2D eigenvalue weighted by molar-refractivity contribution is 5.98. The molecule has 0 aromatic carbocycles. The minimum absolute atomic E-state index is 0.0449. The average Bonchev–Trinajstić information content (AvgIpc) is 2.17. The van der Waals surface area contributed by atoms with Crippen LogP contribution in [0.5, 0.6) is 0 Å². The topological polar surface area (TPSA) is 66.4 Å². The molecular weight excluding hydrogens is 208 g/mol. The minimum Gasteiger partial charge on any atom is -0.545 e. The Kier molecular flexibility index (Phi) is 6.46. The average molecular weight is 227 g/mol. The van der Waals surface area contributed by atoms with Crippen LogP contribution in [0.15, 0.2) is 11.1 Å². The molecule has 0 saturated carbocycles. The fourth-order valence-corrected chi connectivity index (χ4v) is 1.32. The summed E-state index contributed by atoms with van der Waals surface area (Å²) < 4.78 is 4.99. The predicted molar refractivity (Wildman–Crippen MR) is 58.4 cm³/mol. The SMILES string of the molecule is CCCCOC(=O)/C(=C(\C)C(=O)[O-])C(C)C. The maximum atomic E-state index is 11.6. The number of rotatable bonds is 6. The second kappa shape index (κ2) is 7.04. The molecule has 0 unspecified atom stereocenters. The number of unbranched alkanes of at least 4 members (excludes halogenated alkanes) is 1. The molecule has 0 N–H and O–H groups in total. The largest absolute Gasteiger partial charge is 0.545 e. The summed E-state index contributed by atoms with van der Waals surface area (Å²) in [7, 11) is 0. The first kappa shape index (κ1) is 14.7. The summed E-state index contributed by atoms with van der Waals surface area (Å²) in [5.74, 6) is -2.06. The van der Waals surface area contributed by atoms with Crippen molar-refractivity contribution in [2.24, 2.45) is 5.92 Å². The van der Waals surface area contributed by atoms with Gasteiger partial charge in [-0.1, -0.05) is 27.2 Å². The smallest absolute Gasteiger partial charge is 0.334 e. The molecule has 0 rings (SSSR count). The van der Waals surface area contributed by atoms with Gasteiger partial charge in [-0.15, -0.1) is 0 Å². The Morgan fingerprint density at radius 3 is 2.25 bits per heavy atom. The lowest BCUT2D eigenvalue weighted by Gasteiger charge is -2.15. The van der Waals surface area contributed by atoms with Crippen LogP contribution in [0.3, 0.4) is 0 Å². The quantitative estimate of drug-likeness (QED) is 0.386. The first-order valence-electron chi connectivity index (χ1n) is 5.51. The van der Waals surface area contributed by atoms with Gasteiger partial charge < -0.3 is 14.6 Å². The van der Waals surface area contributed by atoms with Crippen LogP contribution in [0, 0.1) is 5.92 Å². The molecule has 4 nitrogen and oxygen atoms in total. The molecule has 0 aliphatic rings. The Balaban J connectivity index is 4.74. The van der Waals surface area contributed by atoms with Crippen molar-refractivity contribution >= 4 is 11.9 Å². The molecule has 4 heteroatoms. The standard InChI is InChI=1S/C12H20O4/c1-5-6-7-16-12(15)10(8(2)3)9(4)11(13)14/h8H,5-7H2,1-4H3,(H,13,14)/p-1/b10-9+. The number of ether oxygens (including phenoxy) is 1. The number of carboxylic acid groups (broad SMARTS) is 1. The highest BCUT2D eigenvalue weighted by atomic mass is 16.5. The summed E-state index contributed by atoms with van der Waals surface area (Å²) in [5, 5.41) is 10.7. The molecule has 0 aliphatic heterocycles. The van der Waals surface area contributed by atoms with Crippen molar-refractivity contribution in [2.75, 3.05) is 6.61 Å². The molecule has 0 bridgehead atoms. The van der Waals surface area contributed by atoms with E-state index in [1.54, 1.807) is 13.8 Å². The molecule has 0 atom stereocenters. The summed E-state index contributed by atoms with van der Waals surface area (Å²) in [6.45, 7) is 7.18. The number of carbonyl (C=O) groups excluding carboxylic acids is 2. The Morgan fingerprint density at radius 1 is 1.31 bits per heavy atom. The van der Waals surface area contributed by atoms with E-state index in [1.165, 1.54) is 6.92 Å². The van der Waals surface area contributed by atoms with Crippen LogP contribution in [-0.2, 0) is 14.3 Å². The second-order valence-corrected chi connectivity index (χ2v) is 3.97. The van der Waals surface area contributed by atoms with Gasteiger partial charge in [-0.3, -0.25) is 0 Å². The van der Waals surface area contributed by atoms with Gasteiger partial charge in [0.15, 0.2) is 0 Å². The van der Waals surface area contributed by atoms with Crippen molar-refractivity contribution in [3.8, 4) is 0 Å². The zero-order chi connectivity index (χ0) is 12.7. The lowest BCUT2D eigenvalue weighted by atomic mass is 9.98. The molecule has 16 heavy (non-hydrogen) atoms. The van der Waals surface area contributed by atoms with E-state index < -0.39 is 11.9 Å². The van der Waals surface area contributed by atoms with E-state index in [0.717, 1.165) is 12.8 Å². The molecular formula is C12H19O4-. The van der Waals surface area contributed by atoms with Gasteiger partial charge >= 0.3 is 5.97 Å². The van der Waals surface area contributed by atoms with Crippen molar-refractivity contribution < 1.29 is 19.4 Å². The molecule has 0 aliphatic carbocycles. The molecule has 0 aromatic heterocycles. The molecule has 0 spiro atoms. The maximum Gasteiger partial charge on any atom is 0.334 e. The lowest BCUT2D eigenvalue weighted by molar-refractivity contribution is -0.299. The van der Waals surface area contributed by atoms with E-state index in [1.807, 2.05) is 6.92 Å². The van der Waals surface area contributed by atoms with Crippen LogP contribution < -0.4 is 5.11 Å². The van der Waals surface area contributed by atoms with Gasteiger partial charge in [-0.05, 0) is 24.8 Å². The van der Waals surface area contributed by atoms with Crippen molar-refractivity contribution in [2.45, 2.75) is 40.5 Å². The summed E-state index contributed by atoms with van der Waals surface area (Å²) in [5.41, 5.74) is 0.146. The fourth-order valence-electron chi connectivity index (χ4n) is 1.32. The lowest BCUT2D eigenvalue weighted by Crippen LogP contribution is -2.27. The normalized spacial score (nSPS) is 12.3. The predicted octanol–water partition coefficient (Wildman–Crippen LogP) is 1.05. The Hall–Kier alpha value is -1.32. The third-order valence-electron chi connectivity index (χ3n) is 2.24. The summed E-state index contributed by atoms with van der Waals surface area (Å²) in [6, 6.07) is 0. The van der Waals surface area contributed by atoms with E-state index >= 15 is 0 Å². The van der Waals surface area contributed by atoms with Gasteiger partial charge in [0.1, 0.15) is 0 Å². The van der Waals surface area contributed by atoms with Gasteiger partial charge in [0, 0.05) is 5.57 Å². The molecule has 92 valence electrons. The van der Waals surface area contributed by atoms with Gasteiger partial charge in [0.2, 0.25) is 0 Å². The van der Waals surface area contributed by atoms with Crippen LogP contribution in [0.2, 0.25) is 0 Å². The van der Waals surface area contributed by atoms with Gasteiger partial charge in [-0.25, -0.2) is 4.79 Å². The van der Waals surface area contributed by atoms with Crippen molar-refractivity contribution in [1.82, 2.24) is 0 Å². The maximum absolute atomic E-state index is 11.6. The van der Waals surface area contributed by atoms with Crippen LogP contribution in [0.1, 0.15) is 40.5 Å². The first-order valence-corrected chi connectivity index (χ1v) is 5.51. The third kappa shape index (κ3) is 4.47. The fraction of sp³-hybridized carbons (Fsp3) is 0.667. The summed E-state index contributed by atoms with van der Waals surface area (Å²) in [6.07, 6.45) is 1.70. The highest BCUT2D eigenvalue weighted by Gasteiger charge is 2.18. The van der Waals surface area contributed by atoms with E-state index in [2.05, 4.69) is 0 Å². The molecule has 0 saturated heterocycles. The van der Waals surface area contributed by atoms with Gasteiger partial charge in [-0.2, -0.15) is 0 Å². The zero-order valence-electron chi connectivity index (χ0n) is 10.3. The monoisotopic (exact) mass is 227 g/mol. The van der Waals surface area contributed by atoms with E-state index in [-0.39, 0.29) is 17.1 Å². The van der Waals surface area contributed by atoms with E-state index in [0.29, 0.717) is 6.61 Å². The molecule has 0 aromatic rings. The van der Waals surface area contributed by atoms with E-state index in [9.17, 15) is 14.7 Å². The van der Waals surface area contributed by atoms with E-state index in [4.69, 9.17) is 4.74 Å². The van der Waals surface area contributed by atoms with Crippen molar-refractivity contribution in [1.29, 1.82) is 0 Å². The Labute approximate surface area is 96.3 Å². The zero-order valence-corrected chi connectivity index (χ0v) is 10.3. The highest BCUT2D eigenvalue weighted by Crippen LogP contribution is 2.16. The summed E-state index contributed by atoms with van der Waals surface area (Å²) in [4.78, 5) is 22.3. The minimum atomic E-state index is -1.32. The van der Waals surface area contributed by atoms with Crippen molar-refractivity contribution in [3.63, 3.8) is 0 Å². The van der Waals surface area contributed by atoms with Crippen LogP contribution in [0.25, 0.3) is 0 Å². The third-order valence-corrected chi connectivity index (χ3v) is 2.24. The Morgan fingerprint density at radius 2 is 1.88 bits per heavy atom. The summed E-state index contributed by atoms with van der Waals surface area (Å²) >= 11 is 0. The van der Waals surface area contributed by atoms with Crippen LogP contribution in [-0.4, -0.2) is 18.5 Å². The first-order chi connectivity index (χ1) is 7.41. The Bertz CT molecular complexity index is 289. The molecule has 0 fully saturated rings. The van der Waals surface area contributed by atoms with Crippen LogP contribution in [0.4, 0.5) is 0 Å². The van der Waals surface area contributed by atoms with Gasteiger partial charge in [0.25, 0.3) is 0 Å². The van der Waals surface area contributed by atoms with Crippen molar-refractivity contribution in [3.05, 3.63) is 11.1 Å². The number of hydrogen-bond donors (Lipinski definition) is 0. The molecule has 0 radical (unpaired) electrons. The molecule has 0 amide bonds. The number of hydrogen-bond acceptors (Lipinski definition) is 4.